The lowest BCUT2D eigenvalue weighted by atomic mass is 10.0. The number of Topliss-reactive ketones (excluding diaryl/α,β-unsaturated/α-hetero) is 1. The fraction of sp³-hybridized carbons (Fsp3) is 0.900. The van der Waals surface area contributed by atoms with Gasteiger partial charge in [0.15, 0.2) is 0 Å². The van der Waals surface area contributed by atoms with Gasteiger partial charge in [0, 0.05) is 12.5 Å². The van der Waals surface area contributed by atoms with E-state index in [1.165, 1.54) is 4.90 Å². The largest absolute Gasteiger partial charge is 0.395 e. The quantitative estimate of drug-likeness (QED) is 0.671. The van der Waals surface area contributed by atoms with Crippen LogP contribution in [0.5, 0.6) is 0 Å². The monoisotopic (exact) mass is 223 g/mol. The number of ketones is 1. The molecule has 0 saturated carbocycles. The highest BCUT2D eigenvalue weighted by Crippen LogP contribution is 2.05. The molecule has 0 bridgehead atoms. The fourth-order valence-corrected chi connectivity index (χ4v) is 1.18. The molecule has 1 N–H and O–H groups in total. The van der Waals surface area contributed by atoms with Crippen molar-refractivity contribution in [3.63, 3.8) is 0 Å². The topological polar surface area (TPSA) is 40.5 Å². The summed E-state index contributed by atoms with van der Waals surface area (Å²) in [5.41, 5.74) is 0. The number of aliphatic hydroxyl groups is 1. The number of hydrogen-bond donors (Lipinski definition) is 1. The van der Waals surface area contributed by atoms with Crippen molar-refractivity contribution in [3.8, 4) is 0 Å². The zero-order valence-corrected chi connectivity index (χ0v) is 9.25. The minimum Gasteiger partial charge on any atom is -0.395 e. The summed E-state index contributed by atoms with van der Waals surface area (Å²) >= 11 is 0. The first-order valence-electron chi connectivity index (χ1n) is 5.15. The van der Waals surface area contributed by atoms with Crippen molar-refractivity contribution in [3.05, 3.63) is 0 Å². The molecule has 15 heavy (non-hydrogen) atoms. The molecule has 0 aliphatic carbocycles. The van der Waals surface area contributed by atoms with Crippen molar-refractivity contribution in [2.24, 2.45) is 5.92 Å². The summed E-state index contributed by atoms with van der Waals surface area (Å²) in [7, 11) is 0. The Morgan fingerprint density at radius 3 is 2.47 bits per heavy atom. The lowest BCUT2D eigenvalue weighted by Gasteiger charge is -2.21. The second-order valence-electron chi connectivity index (χ2n) is 3.63. The minimum atomic E-state index is -2.47. The molecule has 5 heteroatoms. The van der Waals surface area contributed by atoms with E-state index < -0.39 is 13.0 Å². The molecule has 0 rings (SSSR count). The molecule has 0 saturated heterocycles. The van der Waals surface area contributed by atoms with Gasteiger partial charge < -0.3 is 5.11 Å². The maximum atomic E-state index is 12.1. The van der Waals surface area contributed by atoms with E-state index >= 15 is 0 Å². The number of hydrogen-bond acceptors (Lipinski definition) is 3. The van der Waals surface area contributed by atoms with Gasteiger partial charge in [-0.25, -0.2) is 8.78 Å². The van der Waals surface area contributed by atoms with Crippen molar-refractivity contribution in [1.29, 1.82) is 0 Å². The number of carbonyl (C=O) groups is 1. The standard InChI is InChI=1S/C10H19F2NO2/c1-3-8(2)9(15)6-13(4-5-14)7-10(11)12/h8,10,14H,3-7H2,1-2H3. The van der Waals surface area contributed by atoms with Crippen molar-refractivity contribution in [2.75, 3.05) is 26.2 Å². The Hall–Kier alpha value is -0.550. The fourth-order valence-electron chi connectivity index (χ4n) is 1.18. The number of aliphatic hydroxyl groups excluding tert-OH is 1. The number of halogens is 2. The van der Waals surface area contributed by atoms with Gasteiger partial charge in [-0.05, 0) is 6.42 Å². The van der Waals surface area contributed by atoms with Crippen LogP contribution in [0.1, 0.15) is 20.3 Å². The average Bonchev–Trinajstić information content (AvgIpc) is 2.15. The van der Waals surface area contributed by atoms with Crippen LogP contribution in [0.2, 0.25) is 0 Å². The van der Waals surface area contributed by atoms with E-state index in [1.807, 2.05) is 6.92 Å². The van der Waals surface area contributed by atoms with Crippen LogP contribution in [-0.2, 0) is 4.79 Å². The van der Waals surface area contributed by atoms with Gasteiger partial charge >= 0.3 is 0 Å². The Labute approximate surface area is 89.1 Å². The third-order valence-electron chi connectivity index (χ3n) is 2.35. The van der Waals surface area contributed by atoms with E-state index in [9.17, 15) is 13.6 Å². The van der Waals surface area contributed by atoms with E-state index in [0.717, 1.165) is 0 Å². The molecule has 0 radical (unpaired) electrons. The SMILES string of the molecule is CCC(C)C(=O)CN(CCO)CC(F)F. The maximum absolute atomic E-state index is 12.1. The molecular formula is C10H19F2NO2. The van der Waals surface area contributed by atoms with E-state index in [2.05, 4.69) is 0 Å². The Balaban J connectivity index is 4.09. The molecule has 1 atom stereocenters. The lowest BCUT2D eigenvalue weighted by molar-refractivity contribution is -0.124. The normalized spacial score (nSPS) is 13.5. The van der Waals surface area contributed by atoms with Gasteiger partial charge in [0.05, 0.1) is 19.7 Å². The molecule has 0 amide bonds. The van der Waals surface area contributed by atoms with E-state index in [4.69, 9.17) is 5.11 Å². The molecule has 0 aromatic heterocycles. The molecule has 0 fully saturated rings. The van der Waals surface area contributed by atoms with Gasteiger partial charge in [0.1, 0.15) is 5.78 Å². The summed E-state index contributed by atoms with van der Waals surface area (Å²) in [6, 6.07) is 0. The van der Waals surface area contributed by atoms with Crippen LogP contribution >= 0.6 is 0 Å². The Kier molecular flexibility index (Phi) is 7.42. The molecule has 3 nitrogen and oxygen atoms in total. The maximum Gasteiger partial charge on any atom is 0.251 e. The summed E-state index contributed by atoms with van der Waals surface area (Å²) in [4.78, 5) is 12.8. The molecule has 0 spiro atoms. The van der Waals surface area contributed by atoms with E-state index in [1.54, 1.807) is 6.92 Å². The van der Waals surface area contributed by atoms with Gasteiger partial charge in [-0.2, -0.15) is 0 Å². The van der Waals surface area contributed by atoms with Crippen molar-refractivity contribution >= 4 is 5.78 Å². The third-order valence-corrected chi connectivity index (χ3v) is 2.35. The van der Waals surface area contributed by atoms with Crippen LogP contribution in [0.15, 0.2) is 0 Å². The van der Waals surface area contributed by atoms with Crippen LogP contribution < -0.4 is 0 Å². The van der Waals surface area contributed by atoms with Gasteiger partial charge in [-0.3, -0.25) is 9.69 Å². The van der Waals surface area contributed by atoms with E-state index in [-0.39, 0.29) is 31.4 Å². The van der Waals surface area contributed by atoms with Crippen LogP contribution in [-0.4, -0.2) is 48.5 Å². The summed E-state index contributed by atoms with van der Waals surface area (Å²) < 4.78 is 24.2. The first kappa shape index (κ1) is 14.5. The van der Waals surface area contributed by atoms with Crippen molar-refractivity contribution in [1.82, 2.24) is 4.90 Å². The Morgan fingerprint density at radius 2 is 2.07 bits per heavy atom. The average molecular weight is 223 g/mol. The highest BCUT2D eigenvalue weighted by molar-refractivity contribution is 5.82. The zero-order chi connectivity index (χ0) is 11.8. The third kappa shape index (κ3) is 6.52. The van der Waals surface area contributed by atoms with Crippen LogP contribution in [0.4, 0.5) is 8.78 Å². The predicted molar refractivity (Wildman–Crippen MR) is 54.0 cm³/mol. The highest BCUT2D eigenvalue weighted by atomic mass is 19.3. The van der Waals surface area contributed by atoms with Gasteiger partial charge in [0.25, 0.3) is 6.43 Å². The Bertz CT molecular complexity index is 188. The van der Waals surface area contributed by atoms with E-state index in [0.29, 0.717) is 6.42 Å². The molecule has 0 aromatic rings. The Morgan fingerprint density at radius 1 is 1.47 bits per heavy atom. The molecule has 0 aromatic carbocycles. The highest BCUT2D eigenvalue weighted by Gasteiger charge is 2.18. The van der Waals surface area contributed by atoms with Crippen LogP contribution in [0.3, 0.4) is 0 Å². The number of carbonyl (C=O) groups excluding carboxylic acids is 1. The first-order chi connectivity index (χ1) is 7.01. The first-order valence-corrected chi connectivity index (χ1v) is 5.15. The molecule has 0 aliphatic heterocycles. The second-order valence-corrected chi connectivity index (χ2v) is 3.63. The smallest absolute Gasteiger partial charge is 0.251 e. The summed E-state index contributed by atoms with van der Waals surface area (Å²) in [5, 5.41) is 8.66. The van der Waals surface area contributed by atoms with Gasteiger partial charge in [-0.1, -0.05) is 13.8 Å². The van der Waals surface area contributed by atoms with Crippen molar-refractivity contribution < 1.29 is 18.7 Å². The number of rotatable bonds is 8. The molecule has 0 aliphatic rings. The summed E-state index contributed by atoms with van der Waals surface area (Å²) in [6.45, 7) is 3.11. The lowest BCUT2D eigenvalue weighted by Crippen LogP contribution is -2.37. The molecule has 0 heterocycles. The second kappa shape index (κ2) is 7.70. The number of nitrogens with zero attached hydrogens (tertiary/aromatic N) is 1. The van der Waals surface area contributed by atoms with Crippen LogP contribution in [0, 0.1) is 5.92 Å². The summed E-state index contributed by atoms with van der Waals surface area (Å²) in [5.74, 6) is -0.157. The van der Waals surface area contributed by atoms with Crippen molar-refractivity contribution in [2.45, 2.75) is 26.7 Å². The van der Waals surface area contributed by atoms with Gasteiger partial charge in [0.2, 0.25) is 0 Å². The summed E-state index contributed by atoms with van der Waals surface area (Å²) in [6.07, 6.45) is -1.76. The minimum absolute atomic E-state index is 0.0000926. The molecule has 1 unspecified atom stereocenters. The molecular weight excluding hydrogens is 204 g/mol. The predicted octanol–water partition coefficient (Wildman–Crippen LogP) is 1.16. The number of alkyl halides is 2. The van der Waals surface area contributed by atoms with Gasteiger partial charge in [-0.15, -0.1) is 0 Å². The zero-order valence-electron chi connectivity index (χ0n) is 9.25. The molecule has 90 valence electrons. The van der Waals surface area contributed by atoms with Crippen LogP contribution in [0.25, 0.3) is 0 Å².